The van der Waals surface area contributed by atoms with Crippen LogP contribution in [0.25, 0.3) is 0 Å². The SMILES string of the molecule is C=CCOCCOCCOCCOCCOCCOCCOCC(O)CO[C@@H]1CCO[C@](C)(C(=O)N(C)C)O1. The van der Waals surface area contributed by atoms with E-state index in [1.807, 2.05) is 0 Å². The zero-order valence-corrected chi connectivity index (χ0v) is 23.8. The lowest BCUT2D eigenvalue weighted by Crippen LogP contribution is -2.53. The summed E-state index contributed by atoms with van der Waals surface area (Å²) in [6.45, 7) is 11.8. The molecule has 1 heterocycles. The zero-order chi connectivity index (χ0) is 28.6. The van der Waals surface area contributed by atoms with Gasteiger partial charge in [0.25, 0.3) is 5.91 Å². The Bertz CT molecular complexity index is 611. The first-order chi connectivity index (χ1) is 18.9. The molecule has 1 aliphatic rings. The molecule has 0 spiro atoms. The van der Waals surface area contributed by atoms with Gasteiger partial charge in [0.2, 0.25) is 5.79 Å². The lowest BCUT2D eigenvalue weighted by molar-refractivity contribution is -0.327. The van der Waals surface area contributed by atoms with E-state index in [2.05, 4.69) is 6.58 Å². The monoisotopic (exact) mass is 567 g/mol. The number of aliphatic hydroxyl groups excluding tert-OH is 1. The van der Waals surface area contributed by atoms with Gasteiger partial charge in [0.05, 0.1) is 106 Å². The summed E-state index contributed by atoms with van der Waals surface area (Å²) in [7, 11) is 3.25. The quantitative estimate of drug-likeness (QED) is 0.113. The molecule has 0 aromatic rings. The standard InChI is InChI=1S/C26H49NO12/c1-5-7-30-9-10-31-11-12-32-13-14-33-15-16-34-17-18-35-19-20-36-21-23(28)22-37-24-6-8-38-26(2,39-24)25(29)27(3)4/h5,23-24,28H,1,6-22H2,2-4H3/t23?,24-,26-/m0/s1. The van der Waals surface area contributed by atoms with Crippen molar-refractivity contribution in [2.75, 3.05) is 120 Å². The second-order valence-electron chi connectivity index (χ2n) is 8.82. The normalized spacial score (nSPS) is 20.2. The van der Waals surface area contributed by atoms with Crippen LogP contribution in [0.15, 0.2) is 12.7 Å². The summed E-state index contributed by atoms with van der Waals surface area (Å²) >= 11 is 0. The molecule has 0 radical (unpaired) electrons. The molecular weight excluding hydrogens is 518 g/mol. The maximum atomic E-state index is 12.2. The molecule has 0 aromatic heterocycles. The lowest BCUT2D eigenvalue weighted by atomic mass is 10.2. The van der Waals surface area contributed by atoms with E-state index in [4.69, 9.17) is 47.4 Å². The molecular formula is C26H49NO12. The fraction of sp³-hybridized carbons (Fsp3) is 0.885. The van der Waals surface area contributed by atoms with Gasteiger partial charge < -0.3 is 57.4 Å². The maximum absolute atomic E-state index is 12.2. The van der Waals surface area contributed by atoms with Gasteiger partial charge in [-0.15, -0.1) is 6.58 Å². The Hall–Kier alpha value is -1.23. The number of amides is 1. The van der Waals surface area contributed by atoms with Crippen molar-refractivity contribution in [1.82, 2.24) is 4.90 Å². The second kappa shape index (κ2) is 23.5. The van der Waals surface area contributed by atoms with Crippen molar-refractivity contribution in [2.24, 2.45) is 0 Å². The van der Waals surface area contributed by atoms with Crippen LogP contribution in [0.4, 0.5) is 0 Å². The van der Waals surface area contributed by atoms with Gasteiger partial charge in [-0.25, -0.2) is 0 Å². The van der Waals surface area contributed by atoms with E-state index in [0.29, 0.717) is 98.9 Å². The fourth-order valence-electron chi connectivity index (χ4n) is 3.20. The first kappa shape index (κ1) is 35.8. The number of hydrogen-bond donors (Lipinski definition) is 1. The van der Waals surface area contributed by atoms with Crippen molar-refractivity contribution < 1.29 is 57.3 Å². The van der Waals surface area contributed by atoms with Gasteiger partial charge in [-0.2, -0.15) is 0 Å². The molecule has 13 nitrogen and oxygen atoms in total. The largest absolute Gasteiger partial charge is 0.388 e. The first-order valence-electron chi connectivity index (χ1n) is 13.4. The van der Waals surface area contributed by atoms with Crippen LogP contribution in [-0.2, 0) is 52.2 Å². The molecule has 0 saturated carbocycles. The van der Waals surface area contributed by atoms with Crippen LogP contribution >= 0.6 is 0 Å². The van der Waals surface area contributed by atoms with Crippen molar-refractivity contribution in [3.05, 3.63) is 12.7 Å². The summed E-state index contributed by atoms with van der Waals surface area (Å²) < 4.78 is 54.4. The Morgan fingerprint density at radius 3 is 1.79 bits per heavy atom. The molecule has 1 saturated heterocycles. The van der Waals surface area contributed by atoms with E-state index >= 15 is 0 Å². The third-order valence-electron chi connectivity index (χ3n) is 5.13. The molecule has 0 aliphatic carbocycles. The van der Waals surface area contributed by atoms with Crippen molar-refractivity contribution in [2.45, 2.75) is 31.5 Å². The van der Waals surface area contributed by atoms with Crippen LogP contribution in [0.1, 0.15) is 13.3 Å². The molecule has 1 aliphatic heterocycles. The minimum absolute atomic E-state index is 0.0146. The minimum atomic E-state index is -1.39. The van der Waals surface area contributed by atoms with Gasteiger partial charge >= 0.3 is 0 Å². The number of rotatable bonds is 26. The number of carbonyl (C=O) groups is 1. The third kappa shape index (κ3) is 18.7. The van der Waals surface area contributed by atoms with Gasteiger partial charge in [0, 0.05) is 20.5 Å². The molecule has 13 heteroatoms. The van der Waals surface area contributed by atoms with Crippen molar-refractivity contribution in [1.29, 1.82) is 0 Å². The predicted octanol–water partition coefficient (Wildman–Crippen LogP) is 0.234. The predicted molar refractivity (Wildman–Crippen MR) is 140 cm³/mol. The number of hydrogen-bond acceptors (Lipinski definition) is 12. The molecule has 230 valence electrons. The van der Waals surface area contributed by atoms with Crippen molar-refractivity contribution in [3.63, 3.8) is 0 Å². The Balaban J connectivity index is 1.83. The summed E-state index contributed by atoms with van der Waals surface area (Å²) in [4.78, 5) is 13.6. The van der Waals surface area contributed by atoms with Crippen LogP contribution in [-0.4, -0.2) is 154 Å². The van der Waals surface area contributed by atoms with E-state index in [1.165, 1.54) is 4.90 Å². The molecule has 1 fully saturated rings. The number of ether oxygens (including phenoxy) is 10. The number of likely N-dealkylation sites (N-methyl/N-ethyl adjacent to an activating group) is 1. The molecule has 39 heavy (non-hydrogen) atoms. The number of carbonyl (C=O) groups excluding carboxylic acids is 1. The van der Waals surface area contributed by atoms with Crippen LogP contribution < -0.4 is 0 Å². The van der Waals surface area contributed by atoms with E-state index in [0.717, 1.165) is 0 Å². The maximum Gasteiger partial charge on any atom is 0.282 e. The molecule has 1 N–H and O–H groups in total. The van der Waals surface area contributed by atoms with Gasteiger partial charge in [0.1, 0.15) is 6.10 Å². The van der Waals surface area contributed by atoms with Gasteiger partial charge in [0.15, 0.2) is 6.29 Å². The topological polar surface area (TPSA) is 133 Å². The zero-order valence-electron chi connectivity index (χ0n) is 23.8. The van der Waals surface area contributed by atoms with Crippen LogP contribution in [0.3, 0.4) is 0 Å². The lowest BCUT2D eigenvalue weighted by Gasteiger charge is -2.38. The summed E-state index contributed by atoms with van der Waals surface area (Å²) in [5, 5.41) is 10.1. The van der Waals surface area contributed by atoms with Crippen LogP contribution in [0.5, 0.6) is 0 Å². The van der Waals surface area contributed by atoms with E-state index < -0.39 is 18.2 Å². The number of aliphatic hydroxyl groups is 1. The molecule has 1 amide bonds. The highest BCUT2D eigenvalue weighted by atomic mass is 16.8. The fourth-order valence-corrected chi connectivity index (χ4v) is 3.20. The summed E-state index contributed by atoms with van der Waals surface area (Å²) in [6.07, 6.45) is 0.687. The van der Waals surface area contributed by atoms with Crippen LogP contribution in [0.2, 0.25) is 0 Å². The highest BCUT2D eigenvalue weighted by Gasteiger charge is 2.42. The molecule has 0 aromatic carbocycles. The van der Waals surface area contributed by atoms with E-state index in [9.17, 15) is 9.90 Å². The van der Waals surface area contributed by atoms with Gasteiger partial charge in [-0.1, -0.05) is 6.08 Å². The Labute approximate surface area is 232 Å². The van der Waals surface area contributed by atoms with Crippen molar-refractivity contribution in [3.8, 4) is 0 Å². The third-order valence-corrected chi connectivity index (χ3v) is 5.13. The Morgan fingerprint density at radius 2 is 1.33 bits per heavy atom. The molecule has 0 bridgehead atoms. The molecule has 3 atom stereocenters. The Morgan fingerprint density at radius 1 is 0.872 bits per heavy atom. The number of nitrogens with zero attached hydrogens (tertiary/aromatic N) is 1. The average Bonchev–Trinajstić information content (AvgIpc) is 2.92. The van der Waals surface area contributed by atoms with Crippen molar-refractivity contribution >= 4 is 5.91 Å². The highest BCUT2D eigenvalue weighted by molar-refractivity contribution is 5.82. The summed E-state index contributed by atoms with van der Waals surface area (Å²) in [5.74, 6) is -1.70. The molecule has 1 rings (SSSR count). The minimum Gasteiger partial charge on any atom is -0.388 e. The smallest absolute Gasteiger partial charge is 0.282 e. The summed E-state index contributed by atoms with van der Waals surface area (Å²) in [5.41, 5.74) is 0. The molecule has 1 unspecified atom stereocenters. The highest BCUT2D eigenvalue weighted by Crippen LogP contribution is 2.25. The van der Waals surface area contributed by atoms with E-state index in [-0.39, 0.29) is 19.1 Å². The first-order valence-corrected chi connectivity index (χ1v) is 13.4. The van der Waals surface area contributed by atoms with E-state index in [1.54, 1.807) is 27.1 Å². The van der Waals surface area contributed by atoms with Gasteiger partial charge in [-0.3, -0.25) is 4.79 Å². The average molecular weight is 568 g/mol. The van der Waals surface area contributed by atoms with Crippen LogP contribution in [0, 0.1) is 0 Å². The Kier molecular flexibility index (Phi) is 21.5. The van der Waals surface area contributed by atoms with Gasteiger partial charge in [-0.05, 0) is 6.92 Å². The summed E-state index contributed by atoms with van der Waals surface area (Å²) in [6, 6.07) is 0. The second-order valence-corrected chi connectivity index (χ2v) is 8.82.